The Morgan fingerprint density at radius 1 is 0.912 bits per heavy atom. The Balaban J connectivity index is 1.32. The number of thioether (sulfide) groups is 1. The van der Waals surface area contributed by atoms with Crippen molar-refractivity contribution in [1.29, 1.82) is 0 Å². The summed E-state index contributed by atoms with van der Waals surface area (Å²) in [5.41, 5.74) is 2.61. The summed E-state index contributed by atoms with van der Waals surface area (Å²) in [6.45, 7) is 0. The van der Waals surface area contributed by atoms with Crippen molar-refractivity contribution < 1.29 is 9.59 Å². The summed E-state index contributed by atoms with van der Waals surface area (Å²) in [6.07, 6.45) is 0. The minimum absolute atomic E-state index is 0.176. The molecule has 34 heavy (non-hydrogen) atoms. The number of hydrogen-bond acceptors (Lipinski definition) is 5. The molecule has 1 aromatic heterocycles. The van der Waals surface area contributed by atoms with Gasteiger partial charge < -0.3 is 10.6 Å². The molecule has 1 heterocycles. The number of amides is 2. The molecule has 3 aromatic carbocycles. The molecule has 0 saturated heterocycles. The van der Waals surface area contributed by atoms with E-state index in [0.29, 0.717) is 26.4 Å². The Hall–Kier alpha value is -2.55. The number of benzene rings is 3. The highest BCUT2D eigenvalue weighted by Gasteiger charge is 2.12. The second kappa shape index (κ2) is 11.3. The third kappa shape index (κ3) is 6.52. The van der Waals surface area contributed by atoms with E-state index >= 15 is 0 Å². The van der Waals surface area contributed by atoms with Crippen LogP contribution >= 0.6 is 57.9 Å². The quantitative estimate of drug-likeness (QED) is 0.232. The first-order chi connectivity index (χ1) is 16.4. The summed E-state index contributed by atoms with van der Waals surface area (Å²) in [4.78, 5) is 30.2. The summed E-state index contributed by atoms with van der Waals surface area (Å²) < 4.78 is 0. The minimum atomic E-state index is -0.346. The van der Waals surface area contributed by atoms with E-state index < -0.39 is 0 Å². The first kappa shape index (κ1) is 24.6. The number of rotatable bonds is 7. The van der Waals surface area contributed by atoms with Gasteiger partial charge in [0.15, 0.2) is 5.13 Å². The number of halogens is 3. The van der Waals surface area contributed by atoms with Crippen LogP contribution in [0.3, 0.4) is 0 Å². The smallest absolute Gasteiger partial charge is 0.257 e. The van der Waals surface area contributed by atoms with E-state index in [0.717, 1.165) is 16.2 Å². The van der Waals surface area contributed by atoms with Gasteiger partial charge >= 0.3 is 0 Å². The van der Waals surface area contributed by atoms with Gasteiger partial charge in [0.2, 0.25) is 5.91 Å². The van der Waals surface area contributed by atoms with Crippen LogP contribution in [0, 0.1) is 0 Å². The molecule has 2 N–H and O–H groups in total. The topological polar surface area (TPSA) is 71.1 Å². The lowest BCUT2D eigenvalue weighted by Gasteiger charge is -2.09. The molecule has 0 spiro atoms. The zero-order valence-corrected chi connectivity index (χ0v) is 21.3. The van der Waals surface area contributed by atoms with E-state index in [-0.39, 0.29) is 22.6 Å². The van der Waals surface area contributed by atoms with Crippen LogP contribution in [-0.4, -0.2) is 22.6 Å². The van der Waals surface area contributed by atoms with Crippen molar-refractivity contribution >= 4 is 80.5 Å². The number of nitrogens with zero attached hydrogens (tertiary/aromatic N) is 1. The predicted octanol–water partition coefficient (Wildman–Crippen LogP) is 7.75. The molecule has 0 aliphatic carbocycles. The minimum Gasteiger partial charge on any atom is -0.322 e. The average molecular weight is 549 g/mol. The zero-order valence-electron chi connectivity index (χ0n) is 17.3. The van der Waals surface area contributed by atoms with Gasteiger partial charge in [-0.05, 0) is 48.5 Å². The van der Waals surface area contributed by atoms with Crippen LogP contribution < -0.4 is 10.6 Å². The van der Waals surface area contributed by atoms with Crippen LogP contribution in [0.1, 0.15) is 10.4 Å². The van der Waals surface area contributed by atoms with Gasteiger partial charge in [0, 0.05) is 31.6 Å². The number of anilines is 2. The number of nitrogens with one attached hydrogen (secondary N) is 2. The lowest BCUT2D eigenvalue weighted by Crippen LogP contribution is -2.14. The molecule has 0 aliphatic rings. The van der Waals surface area contributed by atoms with E-state index in [1.165, 1.54) is 29.2 Å². The highest BCUT2D eigenvalue weighted by Crippen LogP contribution is 2.27. The van der Waals surface area contributed by atoms with E-state index in [2.05, 4.69) is 15.6 Å². The van der Waals surface area contributed by atoms with Crippen LogP contribution in [0.5, 0.6) is 0 Å². The number of thiazole rings is 1. The summed E-state index contributed by atoms with van der Waals surface area (Å²) in [7, 11) is 0. The Kier molecular flexibility index (Phi) is 8.13. The second-order valence-electron chi connectivity index (χ2n) is 6.99. The molecule has 4 aromatic rings. The van der Waals surface area contributed by atoms with E-state index in [1.807, 2.05) is 23.6 Å². The first-order valence-electron chi connectivity index (χ1n) is 9.88. The Morgan fingerprint density at radius 3 is 2.44 bits per heavy atom. The lowest BCUT2D eigenvalue weighted by atomic mass is 10.2. The summed E-state index contributed by atoms with van der Waals surface area (Å²) in [6, 6.07) is 19.3. The standard InChI is InChI=1S/C24H16Cl3N3O2S2/c25-15-6-4-14(5-7-15)21-12-34-24(29-21)30-22(31)13-33-18-3-1-2-17(11-18)28-23(32)19-9-8-16(26)10-20(19)27/h1-12H,13H2,(H,28,32)(H,29,30,31). The normalized spacial score (nSPS) is 10.7. The number of aromatic nitrogens is 1. The predicted molar refractivity (Wildman–Crippen MR) is 143 cm³/mol. The SMILES string of the molecule is O=C(CSc1cccc(NC(=O)c2ccc(Cl)cc2Cl)c1)Nc1nc(-c2ccc(Cl)cc2)cs1. The molecule has 4 rings (SSSR count). The lowest BCUT2D eigenvalue weighted by molar-refractivity contribution is -0.113. The van der Waals surface area contributed by atoms with Crippen molar-refractivity contribution in [1.82, 2.24) is 4.98 Å². The number of carbonyl (C=O) groups excluding carboxylic acids is 2. The van der Waals surface area contributed by atoms with E-state index in [9.17, 15) is 9.59 Å². The van der Waals surface area contributed by atoms with Gasteiger partial charge in [-0.25, -0.2) is 4.98 Å². The Bertz CT molecular complexity index is 1340. The van der Waals surface area contributed by atoms with Gasteiger partial charge in [-0.15, -0.1) is 23.1 Å². The van der Waals surface area contributed by atoms with Crippen LogP contribution in [0.4, 0.5) is 10.8 Å². The molecule has 5 nitrogen and oxygen atoms in total. The van der Waals surface area contributed by atoms with Gasteiger partial charge in [-0.2, -0.15) is 0 Å². The third-order valence-electron chi connectivity index (χ3n) is 4.53. The summed E-state index contributed by atoms with van der Waals surface area (Å²) in [5.74, 6) is -0.331. The third-order valence-corrected chi connectivity index (χ3v) is 7.08. The van der Waals surface area contributed by atoms with Crippen molar-refractivity contribution in [2.45, 2.75) is 4.90 Å². The molecule has 172 valence electrons. The molecular weight excluding hydrogens is 533 g/mol. The molecule has 0 radical (unpaired) electrons. The molecule has 0 atom stereocenters. The Labute approximate surface area is 219 Å². The van der Waals surface area contributed by atoms with Crippen LogP contribution in [-0.2, 0) is 4.79 Å². The highest BCUT2D eigenvalue weighted by atomic mass is 35.5. The maximum Gasteiger partial charge on any atom is 0.257 e. The molecule has 2 amide bonds. The van der Waals surface area contributed by atoms with Gasteiger partial charge in [0.1, 0.15) is 0 Å². The zero-order chi connectivity index (χ0) is 24.1. The maximum atomic E-state index is 12.5. The fraction of sp³-hybridized carbons (Fsp3) is 0.0417. The molecule has 0 bridgehead atoms. The van der Waals surface area contributed by atoms with Crippen molar-refractivity contribution in [2.75, 3.05) is 16.4 Å². The monoisotopic (exact) mass is 547 g/mol. The van der Waals surface area contributed by atoms with Crippen molar-refractivity contribution in [2.24, 2.45) is 0 Å². The van der Waals surface area contributed by atoms with Crippen LogP contribution in [0.2, 0.25) is 15.1 Å². The number of carbonyl (C=O) groups is 2. The molecule has 0 saturated carbocycles. The van der Waals surface area contributed by atoms with Gasteiger partial charge in [-0.3, -0.25) is 9.59 Å². The van der Waals surface area contributed by atoms with Crippen molar-refractivity contribution in [3.63, 3.8) is 0 Å². The maximum absolute atomic E-state index is 12.5. The molecular formula is C24H16Cl3N3O2S2. The summed E-state index contributed by atoms with van der Waals surface area (Å²) >= 11 is 20.6. The number of hydrogen-bond donors (Lipinski definition) is 2. The fourth-order valence-electron chi connectivity index (χ4n) is 2.92. The van der Waals surface area contributed by atoms with E-state index in [4.69, 9.17) is 34.8 Å². The second-order valence-corrected chi connectivity index (χ2v) is 10.2. The van der Waals surface area contributed by atoms with Crippen LogP contribution in [0.25, 0.3) is 11.3 Å². The van der Waals surface area contributed by atoms with Crippen molar-refractivity contribution in [3.8, 4) is 11.3 Å². The van der Waals surface area contributed by atoms with Gasteiger partial charge in [-0.1, -0.05) is 53.0 Å². The highest BCUT2D eigenvalue weighted by molar-refractivity contribution is 8.00. The molecule has 0 unspecified atom stereocenters. The molecule has 10 heteroatoms. The van der Waals surface area contributed by atoms with E-state index in [1.54, 1.807) is 42.5 Å². The van der Waals surface area contributed by atoms with Crippen molar-refractivity contribution in [3.05, 3.63) is 92.7 Å². The van der Waals surface area contributed by atoms with Gasteiger partial charge in [0.25, 0.3) is 5.91 Å². The fourth-order valence-corrected chi connectivity index (χ4v) is 5.04. The van der Waals surface area contributed by atoms with Gasteiger partial charge in [0.05, 0.1) is 22.0 Å². The molecule has 0 aliphatic heterocycles. The largest absolute Gasteiger partial charge is 0.322 e. The molecule has 0 fully saturated rings. The summed E-state index contributed by atoms with van der Waals surface area (Å²) in [5, 5.41) is 9.42. The Morgan fingerprint density at radius 2 is 1.68 bits per heavy atom. The van der Waals surface area contributed by atoms with Crippen LogP contribution in [0.15, 0.2) is 77.0 Å². The average Bonchev–Trinajstić information content (AvgIpc) is 3.26. The first-order valence-corrected chi connectivity index (χ1v) is 12.9.